The molecule has 1 rings (SSSR count). The average Bonchev–Trinajstić information content (AvgIpc) is 2.26. The fraction of sp³-hybridized carbons (Fsp3) is 0.333. The highest BCUT2D eigenvalue weighted by molar-refractivity contribution is 5.47. The third-order valence-corrected chi connectivity index (χ3v) is 1.16. The quantitative estimate of drug-likeness (QED) is 0.703. The Balaban J connectivity index is 0. The largest absolute Gasteiger partial charge is 0.333 e. The number of hydrogen-bond acceptors (Lipinski definition) is 1. The van der Waals surface area contributed by atoms with E-state index in [-0.39, 0.29) is 0 Å². The predicted molar refractivity (Wildman–Crippen MR) is 62.6 cm³/mol. The summed E-state index contributed by atoms with van der Waals surface area (Å²) < 4.78 is 0. The fourth-order valence-electron chi connectivity index (χ4n) is 0.757. The molecular weight excluding hydrogens is 158 g/mol. The summed E-state index contributed by atoms with van der Waals surface area (Å²) in [6, 6.07) is 10.3. The first-order valence-electron chi connectivity index (χ1n) is 4.69. The Bertz CT molecular complexity index is 190. The highest BCUT2D eigenvalue weighted by atomic mass is 14.4. The molecule has 0 amide bonds. The molecule has 1 aromatic carbocycles. The molecule has 2 N–H and O–H groups in total. The molecule has 1 heteroatoms. The van der Waals surface area contributed by atoms with E-state index in [2.05, 4.69) is 23.9 Å². The van der Waals surface area contributed by atoms with Gasteiger partial charge in [-0.1, -0.05) is 56.3 Å². The highest BCUT2D eigenvalue weighted by Gasteiger charge is 1.77. The number of benzene rings is 1. The van der Waals surface area contributed by atoms with Gasteiger partial charge in [-0.2, -0.15) is 0 Å². The van der Waals surface area contributed by atoms with Crippen molar-refractivity contribution >= 4 is 6.08 Å². The van der Waals surface area contributed by atoms with Crippen molar-refractivity contribution in [3.63, 3.8) is 0 Å². The summed E-state index contributed by atoms with van der Waals surface area (Å²) in [4.78, 5) is 0. The van der Waals surface area contributed by atoms with Crippen LogP contribution in [0.25, 0.3) is 6.08 Å². The third kappa shape index (κ3) is 8.83. The van der Waals surface area contributed by atoms with Gasteiger partial charge in [-0.3, -0.25) is 0 Å². The second-order valence-corrected chi connectivity index (χ2v) is 1.91. The van der Waals surface area contributed by atoms with Crippen LogP contribution in [0.2, 0.25) is 0 Å². The lowest BCUT2D eigenvalue weighted by Gasteiger charge is -1.86. The predicted octanol–water partition coefficient (Wildman–Crippen LogP) is 3.32. The Kier molecular flexibility index (Phi) is 15.0. The van der Waals surface area contributed by atoms with Gasteiger partial charge in [-0.15, -0.1) is 0 Å². The summed E-state index contributed by atoms with van der Waals surface area (Å²) in [5.74, 6) is 0. The maximum Gasteiger partial charge on any atom is -0.0195 e. The molecule has 0 atom stereocenters. The molecule has 1 aromatic rings. The lowest BCUT2D eigenvalue weighted by atomic mass is 10.2. The van der Waals surface area contributed by atoms with Gasteiger partial charge in [0.1, 0.15) is 0 Å². The molecule has 0 fully saturated rings. The van der Waals surface area contributed by atoms with Gasteiger partial charge in [0.2, 0.25) is 0 Å². The summed E-state index contributed by atoms with van der Waals surface area (Å²) in [5.41, 5.74) is 5.76. The van der Waals surface area contributed by atoms with E-state index >= 15 is 0 Å². The monoisotopic (exact) mass is 179 g/mol. The van der Waals surface area contributed by atoms with Gasteiger partial charge in [0.25, 0.3) is 0 Å². The van der Waals surface area contributed by atoms with Crippen LogP contribution in [0.5, 0.6) is 0 Å². The highest BCUT2D eigenvalue weighted by Crippen LogP contribution is 1.99. The molecule has 0 aliphatic rings. The lowest BCUT2D eigenvalue weighted by Crippen LogP contribution is -1.69. The van der Waals surface area contributed by atoms with Gasteiger partial charge in [-0.25, -0.2) is 0 Å². The van der Waals surface area contributed by atoms with E-state index in [1.165, 1.54) is 12.6 Å². The van der Waals surface area contributed by atoms with E-state index in [9.17, 15) is 0 Å². The molecule has 0 radical (unpaired) electrons. The van der Waals surface area contributed by atoms with Crippen molar-refractivity contribution in [1.82, 2.24) is 0 Å². The van der Waals surface area contributed by atoms with Crippen molar-refractivity contribution in [1.29, 1.82) is 0 Å². The maximum absolute atomic E-state index is 4.50. The van der Waals surface area contributed by atoms with Gasteiger partial charge in [0, 0.05) is 0 Å². The summed E-state index contributed by atoms with van der Waals surface area (Å²) in [6.45, 7) is 6.02. The zero-order chi connectivity index (χ0) is 10.5. The van der Waals surface area contributed by atoms with Crippen LogP contribution in [0.3, 0.4) is 0 Å². The normalized spacial score (nSPS) is 8.08. The standard InChI is InChI=1S/C9H10.C2H6.CH5N/c1-2-6-9-7-4-3-5-8-9;2*1-2/h2-8H,1H3;1-2H3;2H2,1H3/b6-2+;;. The molecular formula is C12H21N. The smallest absolute Gasteiger partial charge is 0.0195 e. The van der Waals surface area contributed by atoms with Crippen LogP contribution in [0.1, 0.15) is 26.3 Å². The van der Waals surface area contributed by atoms with Crippen LogP contribution in [-0.4, -0.2) is 7.05 Å². The topological polar surface area (TPSA) is 26.0 Å². The van der Waals surface area contributed by atoms with Crippen molar-refractivity contribution in [2.75, 3.05) is 7.05 Å². The molecule has 0 aromatic heterocycles. The third-order valence-electron chi connectivity index (χ3n) is 1.16. The summed E-state index contributed by atoms with van der Waals surface area (Å²) >= 11 is 0. The van der Waals surface area contributed by atoms with E-state index < -0.39 is 0 Å². The SMILES string of the molecule is C/C=C/c1ccccc1.CC.CN. The van der Waals surface area contributed by atoms with Crippen molar-refractivity contribution < 1.29 is 0 Å². The second-order valence-electron chi connectivity index (χ2n) is 1.91. The molecule has 1 nitrogen and oxygen atoms in total. The van der Waals surface area contributed by atoms with Gasteiger partial charge in [0.05, 0.1) is 0 Å². The zero-order valence-electron chi connectivity index (χ0n) is 9.12. The van der Waals surface area contributed by atoms with Crippen LogP contribution in [0, 0.1) is 0 Å². The van der Waals surface area contributed by atoms with Crippen LogP contribution in [0.15, 0.2) is 36.4 Å². The molecule has 0 aliphatic carbocycles. The van der Waals surface area contributed by atoms with Gasteiger partial charge in [-0.05, 0) is 19.5 Å². The summed E-state index contributed by atoms with van der Waals surface area (Å²) in [6.07, 6.45) is 4.12. The molecule has 0 unspecified atom stereocenters. The van der Waals surface area contributed by atoms with E-state index in [0.29, 0.717) is 0 Å². The maximum atomic E-state index is 4.50. The van der Waals surface area contributed by atoms with Crippen molar-refractivity contribution in [2.24, 2.45) is 5.73 Å². The van der Waals surface area contributed by atoms with Gasteiger partial charge in [0.15, 0.2) is 0 Å². The molecule has 74 valence electrons. The fourth-order valence-corrected chi connectivity index (χ4v) is 0.757. The van der Waals surface area contributed by atoms with Crippen LogP contribution in [0.4, 0.5) is 0 Å². The Hall–Kier alpha value is -1.08. The Morgan fingerprint density at radius 1 is 1.00 bits per heavy atom. The molecule has 0 heterocycles. The molecule has 0 spiro atoms. The van der Waals surface area contributed by atoms with E-state index in [1.54, 1.807) is 0 Å². The van der Waals surface area contributed by atoms with Gasteiger partial charge >= 0.3 is 0 Å². The summed E-state index contributed by atoms with van der Waals surface area (Å²) in [7, 11) is 1.50. The van der Waals surface area contributed by atoms with E-state index in [0.717, 1.165) is 0 Å². The average molecular weight is 179 g/mol. The molecule has 0 saturated heterocycles. The Morgan fingerprint density at radius 3 is 1.85 bits per heavy atom. The van der Waals surface area contributed by atoms with Crippen molar-refractivity contribution in [3.05, 3.63) is 42.0 Å². The first-order chi connectivity index (χ1) is 6.43. The second kappa shape index (κ2) is 13.5. The molecule has 0 bridgehead atoms. The van der Waals surface area contributed by atoms with Crippen molar-refractivity contribution in [2.45, 2.75) is 20.8 Å². The minimum absolute atomic E-state index is 1.26. The minimum atomic E-state index is 1.26. The Morgan fingerprint density at radius 2 is 1.46 bits per heavy atom. The van der Waals surface area contributed by atoms with Crippen LogP contribution >= 0.6 is 0 Å². The first kappa shape index (κ1) is 14.4. The zero-order valence-corrected chi connectivity index (χ0v) is 9.12. The molecule has 0 aliphatic heterocycles. The minimum Gasteiger partial charge on any atom is -0.333 e. The van der Waals surface area contributed by atoms with Crippen LogP contribution in [-0.2, 0) is 0 Å². The van der Waals surface area contributed by atoms with E-state index in [1.807, 2.05) is 45.0 Å². The van der Waals surface area contributed by atoms with E-state index in [4.69, 9.17) is 0 Å². The number of allylic oxidation sites excluding steroid dienone is 1. The molecule has 0 saturated carbocycles. The van der Waals surface area contributed by atoms with Crippen LogP contribution < -0.4 is 5.73 Å². The lowest BCUT2D eigenvalue weighted by molar-refractivity contribution is 1.48. The number of rotatable bonds is 1. The summed E-state index contributed by atoms with van der Waals surface area (Å²) in [5, 5.41) is 0. The number of hydrogen-bond donors (Lipinski definition) is 1. The van der Waals surface area contributed by atoms with Gasteiger partial charge < -0.3 is 5.73 Å². The first-order valence-corrected chi connectivity index (χ1v) is 4.69. The number of nitrogens with two attached hydrogens (primary N) is 1. The molecule has 13 heavy (non-hydrogen) atoms. The van der Waals surface area contributed by atoms with Crippen molar-refractivity contribution in [3.8, 4) is 0 Å². The Labute approximate surface area is 82.3 Å².